The Morgan fingerprint density at radius 3 is 2.52 bits per heavy atom. The van der Waals surface area contributed by atoms with E-state index >= 15 is 0 Å². The van der Waals surface area contributed by atoms with Crippen LogP contribution in [0.3, 0.4) is 0 Å². The molecule has 0 aliphatic rings. The first kappa shape index (κ1) is 16.9. The van der Waals surface area contributed by atoms with Gasteiger partial charge < -0.3 is 15.1 Å². The molecule has 0 saturated carbocycles. The van der Waals surface area contributed by atoms with Gasteiger partial charge in [-0.1, -0.05) is 6.07 Å². The lowest BCUT2D eigenvalue weighted by atomic mass is 10.1. The molecule has 7 heteroatoms. The number of carbonyl (C=O) groups excluding carboxylic acids is 2. The fraction of sp³-hybridized carbons (Fsp3) is 0. The van der Waals surface area contributed by atoms with E-state index in [-0.39, 0.29) is 11.7 Å². The Balaban J connectivity index is 1.74. The first-order valence-electron chi connectivity index (χ1n) is 7.24. The molecule has 0 unspecified atom stereocenters. The molecule has 3 rings (SSSR count). The molecule has 0 aliphatic heterocycles. The average Bonchev–Trinajstić information content (AvgIpc) is 3.12. The molecule has 0 fully saturated rings. The van der Waals surface area contributed by atoms with Gasteiger partial charge in [0.1, 0.15) is 5.82 Å². The zero-order valence-corrected chi connectivity index (χ0v) is 14.3. The zero-order valence-electron chi connectivity index (χ0n) is 12.8. The summed E-state index contributed by atoms with van der Waals surface area (Å²) in [4.78, 5) is 24.3. The van der Waals surface area contributed by atoms with Gasteiger partial charge in [-0.25, -0.2) is 4.39 Å². The summed E-state index contributed by atoms with van der Waals surface area (Å²) in [7, 11) is 0. The summed E-state index contributed by atoms with van der Waals surface area (Å²) in [5.74, 6) is -1.04. The molecule has 0 atom stereocenters. The predicted octanol–water partition coefficient (Wildman–Crippen LogP) is 4.69. The summed E-state index contributed by atoms with van der Waals surface area (Å²) < 4.78 is 18.6. The molecule has 25 heavy (non-hydrogen) atoms. The molecule has 0 aliphatic carbocycles. The minimum absolute atomic E-state index is 0.171. The summed E-state index contributed by atoms with van der Waals surface area (Å²) in [5.41, 5.74) is 1.23. The third-order valence-electron chi connectivity index (χ3n) is 3.31. The SMILES string of the molecule is O=C(Nc1ccc(F)cc1Br)c1cccc(NC(=O)c2ccco2)c1. The smallest absolute Gasteiger partial charge is 0.291 e. The Labute approximate surface area is 151 Å². The van der Waals surface area contributed by atoms with Crippen LogP contribution in [0.4, 0.5) is 15.8 Å². The van der Waals surface area contributed by atoms with Crippen LogP contribution < -0.4 is 10.6 Å². The molecular formula is C18H12BrFN2O3. The van der Waals surface area contributed by atoms with Gasteiger partial charge in [-0.15, -0.1) is 0 Å². The summed E-state index contributed by atoms with van der Waals surface area (Å²) in [6, 6.07) is 13.6. The highest BCUT2D eigenvalue weighted by atomic mass is 79.9. The van der Waals surface area contributed by atoms with Crippen molar-refractivity contribution < 1.29 is 18.4 Å². The number of benzene rings is 2. The Hall–Kier alpha value is -2.93. The Morgan fingerprint density at radius 1 is 0.960 bits per heavy atom. The fourth-order valence-electron chi connectivity index (χ4n) is 2.12. The van der Waals surface area contributed by atoms with Crippen molar-refractivity contribution >= 4 is 39.1 Å². The quantitative estimate of drug-likeness (QED) is 0.664. The monoisotopic (exact) mass is 402 g/mol. The van der Waals surface area contributed by atoms with Gasteiger partial charge >= 0.3 is 0 Å². The third-order valence-corrected chi connectivity index (χ3v) is 3.96. The number of halogens is 2. The van der Waals surface area contributed by atoms with E-state index in [1.807, 2.05) is 0 Å². The molecule has 2 aromatic carbocycles. The van der Waals surface area contributed by atoms with Crippen molar-refractivity contribution in [3.8, 4) is 0 Å². The molecule has 126 valence electrons. The lowest BCUT2D eigenvalue weighted by Gasteiger charge is -2.09. The van der Waals surface area contributed by atoms with E-state index in [9.17, 15) is 14.0 Å². The van der Waals surface area contributed by atoms with E-state index in [2.05, 4.69) is 26.6 Å². The van der Waals surface area contributed by atoms with Gasteiger partial charge in [0.05, 0.1) is 12.0 Å². The number of anilines is 2. The summed E-state index contributed by atoms with van der Waals surface area (Å²) in [6.07, 6.45) is 1.40. The van der Waals surface area contributed by atoms with E-state index in [1.54, 1.807) is 24.3 Å². The molecule has 2 amide bonds. The Kier molecular flexibility index (Phi) is 4.95. The number of furan rings is 1. The fourth-order valence-corrected chi connectivity index (χ4v) is 2.57. The normalized spacial score (nSPS) is 10.3. The maximum atomic E-state index is 13.1. The number of rotatable bonds is 4. The van der Waals surface area contributed by atoms with Crippen LogP contribution in [-0.4, -0.2) is 11.8 Å². The van der Waals surface area contributed by atoms with Gasteiger partial charge in [0, 0.05) is 15.7 Å². The molecule has 0 bridgehead atoms. The number of carbonyl (C=O) groups is 2. The van der Waals surface area contributed by atoms with Crippen molar-refractivity contribution in [2.45, 2.75) is 0 Å². The third kappa shape index (κ3) is 4.13. The highest BCUT2D eigenvalue weighted by Gasteiger charge is 2.12. The predicted molar refractivity (Wildman–Crippen MR) is 95.2 cm³/mol. The zero-order chi connectivity index (χ0) is 17.8. The molecule has 5 nitrogen and oxygen atoms in total. The number of hydrogen-bond acceptors (Lipinski definition) is 3. The van der Waals surface area contributed by atoms with Gasteiger partial charge in [0.25, 0.3) is 11.8 Å². The molecule has 1 aromatic heterocycles. The topological polar surface area (TPSA) is 71.3 Å². The Bertz CT molecular complexity index is 926. The van der Waals surface area contributed by atoms with Crippen LogP contribution in [0.5, 0.6) is 0 Å². The van der Waals surface area contributed by atoms with Crippen LogP contribution in [0.15, 0.2) is 69.8 Å². The van der Waals surface area contributed by atoms with E-state index in [1.165, 1.54) is 36.6 Å². The van der Waals surface area contributed by atoms with E-state index < -0.39 is 11.7 Å². The van der Waals surface area contributed by atoms with Crippen LogP contribution in [-0.2, 0) is 0 Å². The largest absolute Gasteiger partial charge is 0.459 e. The standard InChI is InChI=1S/C18H12BrFN2O3/c19-14-10-12(20)6-7-15(14)22-17(23)11-3-1-4-13(9-11)21-18(24)16-5-2-8-25-16/h1-10H,(H,21,24)(H,22,23). The van der Waals surface area contributed by atoms with Crippen LogP contribution in [0.25, 0.3) is 0 Å². The lowest BCUT2D eigenvalue weighted by molar-refractivity contribution is 0.0993. The van der Waals surface area contributed by atoms with Crippen molar-refractivity contribution in [2.24, 2.45) is 0 Å². The first-order chi connectivity index (χ1) is 12.0. The maximum absolute atomic E-state index is 13.1. The van der Waals surface area contributed by atoms with Crippen LogP contribution in [0.1, 0.15) is 20.9 Å². The number of hydrogen-bond donors (Lipinski definition) is 2. The second-order valence-corrected chi connectivity index (χ2v) is 5.94. The van der Waals surface area contributed by atoms with Gasteiger partial charge in [-0.2, -0.15) is 0 Å². The van der Waals surface area contributed by atoms with Crippen LogP contribution in [0, 0.1) is 5.82 Å². The van der Waals surface area contributed by atoms with Crippen molar-refractivity contribution in [3.63, 3.8) is 0 Å². The minimum atomic E-state index is -0.413. The molecule has 2 N–H and O–H groups in total. The lowest BCUT2D eigenvalue weighted by Crippen LogP contribution is -2.14. The van der Waals surface area contributed by atoms with Crippen molar-refractivity contribution in [2.75, 3.05) is 10.6 Å². The first-order valence-corrected chi connectivity index (χ1v) is 8.03. The van der Waals surface area contributed by atoms with Crippen LogP contribution in [0.2, 0.25) is 0 Å². The van der Waals surface area contributed by atoms with Gasteiger partial charge in [0.15, 0.2) is 5.76 Å². The highest BCUT2D eigenvalue weighted by Crippen LogP contribution is 2.24. The van der Waals surface area contributed by atoms with E-state index in [0.29, 0.717) is 21.4 Å². The van der Waals surface area contributed by atoms with Gasteiger partial charge in [-0.05, 0) is 64.5 Å². The Morgan fingerprint density at radius 2 is 1.80 bits per heavy atom. The highest BCUT2D eigenvalue weighted by molar-refractivity contribution is 9.10. The maximum Gasteiger partial charge on any atom is 0.291 e. The van der Waals surface area contributed by atoms with Crippen molar-refractivity contribution in [3.05, 3.63) is 82.5 Å². The molecule has 0 spiro atoms. The molecule has 0 saturated heterocycles. The summed E-state index contributed by atoms with van der Waals surface area (Å²) in [6.45, 7) is 0. The van der Waals surface area contributed by atoms with Gasteiger partial charge in [-0.3, -0.25) is 9.59 Å². The molecule has 3 aromatic rings. The summed E-state index contributed by atoms with van der Waals surface area (Å²) in [5, 5.41) is 5.33. The second-order valence-electron chi connectivity index (χ2n) is 5.09. The van der Waals surface area contributed by atoms with Crippen molar-refractivity contribution in [1.82, 2.24) is 0 Å². The van der Waals surface area contributed by atoms with E-state index in [4.69, 9.17) is 4.42 Å². The van der Waals surface area contributed by atoms with Crippen LogP contribution >= 0.6 is 15.9 Å². The molecule has 0 radical (unpaired) electrons. The van der Waals surface area contributed by atoms with Gasteiger partial charge in [0.2, 0.25) is 0 Å². The van der Waals surface area contributed by atoms with Crippen molar-refractivity contribution in [1.29, 1.82) is 0 Å². The minimum Gasteiger partial charge on any atom is -0.459 e. The molecular weight excluding hydrogens is 391 g/mol. The molecule has 1 heterocycles. The number of amides is 2. The average molecular weight is 403 g/mol. The summed E-state index contributed by atoms with van der Waals surface area (Å²) >= 11 is 3.20. The number of nitrogens with one attached hydrogen (secondary N) is 2. The second kappa shape index (κ2) is 7.31. The van der Waals surface area contributed by atoms with E-state index in [0.717, 1.165) is 0 Å².